The summed E-state index contributed by atoms with van der Waals surface area (Å²) in [5, 5.41) is 0. The maximum absolute atomic E-state index is 5.64. The fraction of sp³-hybridized carbons (Fsp3) is 0.357. The lowest BCUT2D eigenvalue weighted by molar-refractivity contribution is 0.503. The van der Waals surface area contributed by atoms with Crippen LogP contribution in [0, 0.1) is 6.92 Å². The van der Waals surface area contributed by atoms with Crippen LogP contribution in [0.4, 0.5) is 0 Å². The van der Waals surface area contributed by atoms with Gasteiger partial charge >= 0.3 is 0 Å². The van der Waals surface area contributed by atoms with Gasteiger partial charge in [-0.05, 0) is 31.7 Å². The third-order valence-electron chi connectivity index (χ3n) is 3.10. The van der Waals surface area contributed by atoms with E-state index in [-0.39, 0.29) is 6.04 Å². The second kappa shape index (κ2) is 6.64. The monoisotopic (exact) mass is 261 g/mol. The molecule has 1 aromatic carbocycles. The van der Waals surface area contributed by atoms with E-state index in [9.17, 15) is 0 Å². The minimum absolute atomic E-state index is 0.223. The Morgan fingerprint density at radius 2 is 2.11 bits per heavy atom. The van der Waals surface area contributed by atoms with Gasteiger partial charge in [-0.2, -0.15) is 0 Å². The number of aromatic nitrogens is 1. The van der Waals surface area contributed by atoms with E-state index in [1.165, 1.54) is 10.4 Å². The van der Waals surface area contributed by atoms with E-state index >= 15 is 0 Å². The Hall–Kier alpha value is -1.23. The number of rotatable bonds is 6. The summed E-state index contributed by atoms with van der Waals surface area (Å²) in [5.74, 6) is 5.64. The lowest BCUT2D eigenvalue weighted by Gasteiger charge is -2.14. The molecule has 0 aliphatic rings. The molecule has 18 heavy (non-hydrogen) atoms. The highest BCUT2D eigenvalue weighted by atomic mass is 32.1. The van der Waals surface area contributed by atoms with Crippen LogP contribution in [0.3, 0.4) is 0 Å². The first kappa shape index (κ1) is 13.2. The molecule has 3 N–H and O–H groups in total. The first-order valence-corrected chi connectivity index (χ1v) is 7.09. The van der Waals surface area contributed by atoms with E-state index in [2.05, 4.69) is 40.7 Å². The van der Waals surface area contributed by atoms with Gasteiger partial charge in [0.15, 0.2) is 0 Å². The summed E-state index contributed by atoms with van der Waals surface area (Å²) in [4.78, 5) is 5.53. The van der Waals surface area contributed by atoms with Crippen molar-refractivity contribution in [3.63, 3.8) is 0 Å². The van der Waals surface area contributed by atoms with Crippen LogP contribution in [0.2, 0.25) is 0 Å². The van der Waals surface area contributed by atoms with Crippen molar-refractivity contribution in [1.29, 1.82) is 0 Å². The Morgan fingerprint density at radius 1 is 1.33 bits per heavy atom. The molecule has 2 rings (SSSR count). The summed E-state index contributed by atoms with van der Waals surface area (Å²) in [6.07, 6.45) is 3.25. The number of thiazole rings is 1. The number of nitrogens with two attached hydrogens (primary N) is 1. The summed E-state index contributed by atoms with van der Waals surface area (Å²) in [6.45, 7) is 2.04. The van der Waals surface area contributed by atoms with E-state index in [1.807, 2.05) is 12.4 Å². The van der Waals surface area contributed by atoms with Gasteiger partial charge in [0.1, 0.15) is 0 Å². The molecule has 0 amide bonds. The first-order valence-electron chi connectivity index (χ1n) is 6.21. The zero-order valence-corrected chi connectivity index (χ0v) is 11.4. The van der Waals surface area contributed by atoms with Gasteiger partial charge in [0, 0.05) is 4.88 Å². The molecule has 4 heteroatoms. The zero-order chi connectivity index (χ0) is 12.8. The lowest BCUT2D eigenvalue weighted by atomic mass is 10.0. The molecule has 0 aliphatic carbocycles. The van der Waals surface area contributed by atoms with Gasteiger partial charge < -0.3 is 0 Å². The molecule has 0 bridgehead atoms. The minimum Gasteiger partial charge on any atom is -0.271 e. The van der Waals surface area contributed by atoms with Crippen LogP contribution < -0.4 is 11.3 Å². The molecule has 0 aliphatic heterocycles. The van der Waals surface area contributed by atoms with Crippen LogP contribution in [0.1, 0.15) is 35.0 Å². The van der Waals surface area contributed by atoms with E-state index in [0.717, 1.165) is 25.0 Å². The smallest absolute Gasteiger partial charge is 0.0798 e. The molecule has 1 unspecified atom stereocenters. The van der Waals surface area contributed by atoms with Crippen molar-refractivity contribution in [1.82, 2.24) is 10.4 Å². The second-order valence-corrected chi connectivity index (χ2v) is 5.29. The quantitative estimate of drug-likeness (QED) is 0.621. The normalized spacial score (nSPS) is 12.6. The Labute approximate surface area is 112 Å². The molecule has 1 heterocycles. The highest BCUT2D eigenvalue weighted by molar-refractivity contribution is 7.09. The van der Waals surface area contributed by atoms with E-state index in [1.54, 1.807) is 11.3 Å². The standard InChI is InChI=1S/C14H19N3S/c1-11-14(18-10-16-11)13(17-15)9-5-8-12-6-3-2-4-7-12/h2-4,6-7,10,13,17H,5,8-9,15H2,1H3. The molecule has 0 saturated heterocycles. The highest BCUT2D eigenvalue weighted by Crippen LogP contribution is 2.25. The summed E-state index contributed by atoms with van der Waals surface area (Å²) < 4.78 is 0. The Bertz CT molecular complexity index is 467. The maximum Gasteiger partial charge on any atom is 0.0798 e. The van der Waals surface area contributed by atoms with Gasteiger partial charge in [0.2, 0.25) is 0 Å². The van der Waals surface area contributed by atoms with Crippen LogP contribution in [0.25, 0.3) is 0 Å². The lowest BCUT2D eigenvalue weighted by Crippen LogP contribution is -2.28. The second-order valence-electron chi connectivity index (χ2n) is 4.40. The van der Waals surface area contributed by atoms with Gasteiger partial charge in [-0.15, -0.1) is 11.3 Å². The molecule has 0 saturated carbocycles. The number of nitrogens with zero attached hydrogens (tertiary/aromatic N) is 1. The molecular weight excluding hydrogens is 242 g/mol. The molecule has 1 atom stereocenters. The van der Waals surface area contributed by atoms with E-state index in [0.29, 0.717) is 0 Å². The van der Waals surface area contributed by atoms with Crippen LogP contribution in [0.15, 0.2) is 35.8 Å². The third kappa shape index (κ3) is 3.38. The Balaban J connectivity index is 1.87. The molecule has 96 valence electrons. The van der Waals surface area contributed by atoms with Crippen molar-refractivity contribution < 1.29 is 0 Å². The van der Waals surface area contributed by atoms with Gasteiger partial charge in [-0.3, -0.25) is 11.3 Å². The van der Waals surface area contributed by atoms with Crippen molar-refractivity contribution in [2.24, 2.45) is 5.84 Å². The van der Waals surface area contributed by atoms with Crippen molar-refractivity contribution in [2.45, 2.75) is 32.2 Å². The molecule has 1 aromatic heterocycles. The third-order valence-corrected chi connectivity index (χ3v) is 4.15. The topological polar surface area (TPSA) is 50.9 Å². The summed E-state index contributed by atoms with van der Waals surface area (Å²) in [6, 6.07) is 10.8. The Kier molecular flexibility index (Phi) is 4.87. The summed E-state index contributed by atoms with van der Waals surface area (Å²) >= 11 is 1.67. The minimum atomic E-state index is 0.223. The number of hydrogen-bond acceptors (Lipinski definition) is 4. The van der Waals surface area contributed by atoms with Gasteiger partial charge in [0.05, 0.1) is 17.2 Å². The predicted octanol–water partition coefficient (Wildman–Crippen LogP) is 2.98. The SMILES string of the molecule is Cc1ncsc1C(CCCc1ccccc1)NN. The van der Waals surface area contributed by atoms with Gasteiger partial charge in [-0.25, -0.2) is 4.98 Å². The summed E-state index contributed by atoms with van der Waals surface area (Å²) in [5.41, 5.74) is 7.25. The summed E-state index contributed by atoms with van der Waals surface area (Å²) in [7, 11) is 0. The van der Waals surface area contributed by atoms with Crippen LogP contribution in [-0.4, -0.2) is 4.98 Å². The fourth-order valence-corrected chi connectivity index (χ4v) is 2.99. The van der Waals surface area contributed by atoms with Crippen molar-refractivity contribution >= 4 is 11.3 Å². The molecule has 0 spiro atoms. The molecule has 2 aromatic rings. The number of nitrogens with one attached hydrogen (secondary N) is 1. The molecule has 3 nitrogen and oxygen atoms in total. The fourth-order valence-electron chi connectivity index (χ4n) is 2.09. The van der Waals surface area contributed by atoms with Crippen molar-refractivity contribution in [3.05, 3.63) is 52.0 Å². The molecular formula is C14H19N3S. The molecule has 0 fully saturated rings. The average molecular weight is 261 g/mol. The molecule has 0 radical (unpaired) electrons. The largest absolute Gasteiger partial charge is 0.271 e. The number of hydrogen-bond donors (Lipinski definition) is 2. The van der Waals surface area contributed by atoms with E-state index in [4.69, 9.17) is 5.84 Å². The van der Waals surface area contributed by atoms with Crippen molar-refractivity contribution in [2.75, 3.05) is 0 Å². The van der Waals surface area contributed by atoms with Gasteiger partial charge in [-0.1, -0.05) is 30.3 Å². The van der Waals surface area contributed by atoms with Crippen LogP contribution in [0.5, 0.6) is 0 Å². The predicted molar refractivity (Wildman–Crippen MR) is 76.3 cm³/mol. The van der Waals surface area contributed by atoms with Crippen molar-refractivity contribution in [3.8, 4) is 0 Å². The first-order chi connectivity index (χ1) is 8.81. The number of hydrazine groups is 1. The van der Waals surface area contributed by atoms with Gasteiger partial charge in [0.25, 0.3) is 0 Å². The zero-order valence-electron chi connectivity index (χ0n) is 10.6. The maximum atomic E-state index is 5.64. The number of benzene rings is 1. The van der Waals surface area contributed by atoms with Crippen LogP contribution in [-0.2, 0) is 6.42 Å². The Morgan fingerprint density at radius 3 is 2.72 bits per heavy atom. The highest BCUT2D eigenvalue weighted by Gasteiger charge is 2.14. The number of aryl methyl sites for hydroxylation is 2. The van der Waals surface area contributed by atoms with Crippen LogP contribution >= 0.6 is 11.3 Å². The van der Waals surface area contributed by atoms with E-state index < -0.39 is 0 Å². The average Bonchev–Trinajstić information content (AvgIpc) is 2.82.